The van der Waals surface area contributed by atoms with Crippen LogP contribution in [0.5, 0.6) is 0 Å². The minimum absolute atomic E-state index is 0.119. The van der Waals surface area contributed by atoms with Crippen LogP contribution in [0.4, 0.5) is 15.4 Å². The number of likely N-dealkylation sites (tertiary alicyclic amines) is 2. The molecule has 3 amide bonds. The number of hydrogen-bond donors (Lipinski definition) is 3. The third-order valence-electron chi connectivity index (χ3n) is 13.7. The lowest BCUT2D eigenvalue weighted by atomic mass is 9.85. The van der Waals surface area contributed by atoms with Crippen molar-refractivity contribution in [1.29, 1.82) is 0 Å². The summed E-state index contributed by atoms with van der Waals surface area (Å²) in [6.45, 7) is 10.5. The van der Waals surface area contributed by atoms with Gasteiger partial charge in [0, 0.05) is 63.0 Å². The van der Waals surface area contributed by atoms with Gasteiger partial charge in [-0.15, -0.1) is 0 Å². The highest BCUT2D eigenvalue weighted by Gasteiger charge is 2.45. The number of aromatic amines is 1. The maximum atomic E-state index is 15.0. The number of piperidine rings is 3. The second-order valence-electron chi connectivity index (χ2n) is 19.2. The largest absolute Gasteiger partial charge is 0.449 e. The Morgan fingerprint density at radius 3 is 2.12 bits per heavy atom. The average Bonchev–Trinajstić information content (AvgIpc) is 3.93. The van der Waals surface area contributed by atoms with E-state index in [9.17, 15) is 14.4 Å². The zero-order valence-electron chi connectivity index (χ0n) is 38.1. The summed E-state index contributed by atoms with van der Waals surface area (Å²) in [6, 6.07) is 25.7. The Morgan fingerprint density at radius 1 is 0.833 bits per heavy atom. The molecule has 0 unspecified atom stereocenters. The van der Waals surface area contributed by atoms with Crippen molar-refractivity contribution >= 4 is 46.5 Å². The number of H-pyrrole nitrogens is 1. The Bertz CT molecular complexity index is 2440. The van der Waals surface area contributed by atoms with E-state index in [1.54, 1.807) is 11.2 Å². The van der Waals surface area contributed by atoms with Gasteiger partial charge in [0.05, 0.1) is 23.6 Å². The molecule has 1 aliphatic carbocycles. The van der Waals surface area contributed by atoms with E-state index in [2.05, 4.69) is 59.7 Å². The van der Waals surface area contributed by atoms with Crippen molar-refractivity contribution in [2.45, 2.75) is 101 Å². The number of aromatic nitrogens is 3. The SMILES string of the molecule is CC(C)(C)OC(=O)N1CCC(OC2CCN(CC[C@H](NC(=O)C3(NC(=O)OCC4c5ccccc5-c5ccccc54)CCN(c4ncnc5[nH]ccc45)CC3)c3ccc(Cl)cc3)CC2)CC1. The molecular weight excluding hydrogens is 856 g/mol. The first-order valence-corrected chi connectivity index (χ1v) is 23.9. The zero-order chi connectivity index (χ0) is 45.8. The molecule has 5 aromatic rings. The van der Waals surface area contributed by atoms with Gasteiger partial charge < -0.3 is 44.5 Å². The number of carbonyl (C=O) groups is 3. The zero-order valence-corrected chi connectivity index (χ0v) is 38.9. The van der Waals surface area contributed by atoms with Gasteiger partial charge in [0.15, 0.2) is 0 Å². The second-order valence-corrected chi connectivity index (χ2v) is 19.6. The number of nitrogens with zero attached hydrogens (tertiary/aromatic N) is 5. The average molecular weight is 918 g/mol. The number of rotatable bonds is 12. The first-order valence-electron chi connectivity index (χ1n) is 23.5. The van der Waals surface area contributed by atoms with Gasteiger partial charge in [-0.05, 0) is 112 Å². The third kappa shape index (κ3) is 10.3. The van der Waals surface area contributed by atoms with E-state index in [4.69, 9.17) is 25.8 Å². The smallest absolute Gasteiger partial charge is 0.410 e. The van der Waals surface area contributed by atoms with Crippen molar-refractivity contribution in [2.24, 2.45) is 0 Å². The molecule has 9 rings (SSSR count). The number of benzene rings is 3. The number of fused-ring (bicyclic) bond motifs is 4. The van der Waals surface area contributed by atoms with Gasteiger partial charge in [0.25, 0.3) is 0 Å². The van der Waals surface area contributed by atoms with Crippen LogP contribution in [-0.2, 0) is 19.0 Å². The summed E-state index contributed by atoms with van der Waals surface area (Å²) in [4.78, 5) is 60.2. The number of ether oxygens (including phenoxy) is 3. The van der Waals surface area contributed by atoms with Crippen molar-refractivity contribution in [3.63, 3.8) is 0 Å². The van der Waals surface area contributed by atoms with Crippen molar-refractivity contribution in [3.05, 3.63) is 113 Å². The number of nitrogens with one attached hydrogen (secondary N) is 3. The minimum atomic E-state index is -1.26. The van der Waals surface area contributed by atoms with Crippen molar-refractivity contribution in [3.8, 4) is 11.1 Å². The summed E-state index contributed by atoms with van der Waals surface area (Å²) in [6.07, 6.45) is 7.54. The fourth-order valence-electron chi connectivity index (χ4n) is 10.1. The predicted molar refractivity (Wildman–Crippen MR) is 255 cm³/mol. The topological polar surface area (TPSA) is 154 Å². The lowest BCUT2D eigenvalue weighted by Crippen LogP contribution is -2.64. The molecule has 3 saturated heterocycles. The monoisotopic (exact) mass is 916 g/mol. The molecule has 0 saturated carbocycles. The molecule has 4 aliphatic rings. The summed E-state index contributed by atoms with van der Waals surface area (Å²) in [7, 11) is 0. The van der Waals surface area contributed by atoms with Crippen LogP contribution >= 0.6 is 11.6 Å². The van der Waals surface area contributed by atoms with Crippen molar-refractivity contribution in [1.82, 2.24) is 35.4 Å². The molecule has 1 atom stereocenters. The highest BCUT2D eigenvalue weighted by atomic mass is 35.5. The van der Waals surface area contributed by atoms with Crippen LogP contribution in [0.1, 0.15) is 94.4 Å². The summed E-state index contributed by atoms with van der Waals surface area (Å²) >= 11 is 6.37. The maximum Gasteiger partial charge on any atom is 0.410 e. The molecule has 2 aromatic heterocycles. The fraction of sp³-hybridized carbons (Fsp3) is 0.471. The van der Waals surface area contributed by atoms with Gasteiger partial charge in [0.2, 0.25) is 5.91 Å². The fourth-order valence-corrected chi connectivity index (χ4v) is 10.2. The van der Waals surface area contributed by atoms with Gasteiger partial charge in [0.1, 0.15) is 35.5 Å². The summed E-state index contributed by atoms with van der Waals surface area (Å²) in [5.41, 5.74) is 4.44. The van der Waals surface area contributed by atoms with Gasteiger partial charge in [-0.1, -0.05) is 72.3 Å². The normalized spacial score (nSPS) is 18.7. The number of carbonyl (C=O) groups excluding carboxylic acids is 3. The van der Waals surface area contributed by atoms with Gasteiger partial charge in [-0.3, -0.25) is 4.79 Å². The Kier molecular flexibility index (Phi) is 13.5. The molecule has 348 valence electrons. The van der Waals surface area contributed by atoms with Crippen LogP contribution in [0.2, 0.25) is 5.02 Å². The first kappa shape index (κ1) is 45.5. The predicted octanol–water partition coefficient (Wildman–Crippen LogP) is 8.62. The standard InChI is InChI=1S/C51H61ClN8O6/c1-50(2,3)66-49(63)60-28-19-37(20-29-60)65-36-17-25-58(26-18-36)27-21-44(34-12-14-35(52)15-13-34)56-47(61)51(22-30-59(31-23-51)46-42-16-24-53-45(42)54-33-55-46)57-48(62)64-32-43-40-10-6-4-8-38(40)39-9-5-7-11-41(39)43/h4-16,24,33,36-37,43-44H,17-23,25-32H2,1-3H3,(H,56,61)(H,57,62)(H,53,54,55)/t44-/m0/s1. The van der Waals surface area contributed by atoms with E-state index in [1.807, 2.05) is 81.6 Å². The van der Waals surface area contributed by atoms with Crippen LogP contribution < -0.4 is 15.5 Å². The molecule has 0 bridgehead atoms. The van der Waals surface area contributed by atoms with Crippen LogP contribution in [-0.4, -0.2) is 119 Å². The molecule has 0 spiro atoms. The molecule has 14 nitrogen and oxygen atoms in total. The summed E-state index contributed by atoms with van der Waals surface area (Å²) in [5, 5.41) is 8.05. The number of hydrogen-bond acceptors (Lipinski definition) is 10. The molecular formula is C51H61ClN8O6. The molecule has 0 radical (unpaired) electrons. The molecule has 3 aliphatic heterocycles. The van der Waals surface area contributed by atoms with Crippen LogP contribution in [0.25, 0.3) is 22.2 Å². The first-order chi connectivity index (χ1) is 31.9. The molecule has 3 aromatic carbocycles. The van der Waals surface area contributed by atoms with Crippen LogP contribution in [0, 0.1) is 0 Å². The number of alkyl carbamates (subject to hydrolysis) is 1. The van der Waals surface area contributed by atoms with Crippen molar-refractivity contribution < 1.29 is 28.6 Å². The lowest BCUT2D eigenvalue weighted by Gasteiger charge is -2.42. The second kappa shape index (κ2) is 19.6. The Labute approximate surface area is 391 Å². The van der Waals surface area contributed by atoms with Gasteiger partial charge in [-0.2, -0.15) is 0 Å². The minimum Gasteiger partial charge on any atom is -0.449 e. The van der Waals surface area contributed by atoms with E-state index in [0.29, 0.717) is 50.5 Å². The Balaban J connectivity index is 0.857. The van der Waals surface area contributed by atoms with Gasteiger partial charge in [-0.25, -0.2) is 19.6 Å². The summed E-state index contributed by atoms with van der Waals surface area (Å²) in [5.74, 6) is 0.411. The Hall–Kier alpha value is -5.70. The van der Waals surface area contributed by atoms with Gasteiger partial charge >= 0.3 is 12.2 Å². The molecule has 66 heavy (non-hydrogen) atoms. The number of amides is 3. The van der Waals surface area contributed by atoms with E-state index in [0.717, 1.165) is 90.0 Å². The summed E-state index contributed by atoms with van der Waals surface area (Å²) < 4.78 is 18.2. The number of anilines is 1. The third-order valence-corrected chi connectivity index (χ3v) is 13.9. The Morgan fingerprint density at radius 2 is 1.47 bits per heavy atom. The molecule has 5 heterocycles. The molecule has 3 fully saturated rings. The maximum absolute atomic E-state index is 15.0. The van der Waals surface area contributed by atoms with Crippen LogP contribution in [0.15, 0.2) is 91.4 Å². The molecule has 15 heteroatoms. The van der Waals surface area contributed by atoms with Crippen molar-refractivity contribution in [2.75, 3.05) is 57.3 Å². The lowest BCUT2D eigenvalue weighted by molar-refractivity contribution is -0.129. The van der Waals surface area contributed by atoms with E-state index < -0.39 is 17.2 Å². The van der Waals surface area contributed by atoms with Crippen LogP contribution in [0.3, 0.4) is 0 Å². The molecule has 3 N–H and O–H groups in total. The highest BCUT2D eigenvalue weighted by Crippen LogP contribution is 2.44. The van der Waals surface area contributed by atoms with E-state index in [1.165, 1.54) is 0 Å². The van der Waals surface area contributed by atoms with E-state index >= 15 is 0 Å². The quantitative estimate of drug-likeness (QED) is 0.111. The van der Waals surface area contributed by atoms with E-state index in [-0.39, 0.29) is 42.8 Å². The number of halogens is 1. The highest BCUT2D eigenvalue weighted by molar-refractivity contribution is 6.30.